The molecule has 0 aromatic heterocycles. The molecular formula is C9H11BrN2O3. The van der Waals surface area contributed by atoms with Crippen LogP contribution in [-0.4, -0.2) is 16.9 Å². The fourth-order valence-electron chi connectivity index (χ4n) is 1.05. The molecule has 0 bridgehead atoms. The van der Waals surface area contributed by atoms with Crippen LogP contribution in [0.25, 0.3) is 0 Å². The van der Waals surface area contributed by atoms with Gasteiger partial charge in [-0.05, 0) is 12.5 Å². The van der Waals surface area contributed by atoms with Gasteiger partial charge in [0, 0.05) is 11.4 Å². The van der Waals surface area contributed by atoms with Crippen LogP contribution in [0.2, 0.25) is 0 Å². The molecule has 0 heterocycles. The summed E-state index contributed by atoms with van der Waals surface area (Å²) in [6.45, 7) is 0.483. The molecule has 5 nitrogen and oxygen atoms in total. The molecule has 0 spiro atoms. The van der Waals surface area contributed by atoms with Crippen LogP contribution in [0.4, 0.5) is 11.4 Å². The lowest BCUT2D eigenvalue weighted by atomic mass is 10.2. The Balaban J connectivity index is 2.80. The molecule has 0 saturated carbocycles. The Hall–Kier alpha value is -1.30. The summed E-state index contributed by atoms with van der Waals surface area (Å²) in [5.74, 6) is 0.366. The van der Waals surface area contributed by atoms with Gasteiger partial charge in [0.15, 0.2) is 5.69 Å². The van der Waals surface area contributed by atoms with E-state index in [1.165, 1.54) is 6.07 Å². The second-order valence-corrected chi connectivity index (χ2v) is 3.63. The van der Waals surface area contributed by atoms with Gasteiger partial charge in [0.05, 0.1) is 11.5 Å². The van der Waals surface area contributed by atoms with E-state index in [0.29, 0.717) is 12.4 Å². The molecule has 0 aliphatic rings. The van der Waals surface area contributed by atoms with Gasteiger partial charge in [-0.2, -0.15) is 0 Å². The number of anilines is 1. The van der Waals surface area contributed by atoms with E-state index < -0.39 is 4.92 Å². The standard InChI is InChI=1S/C9H11BrN2O3/c10-5-2-6-15-8-4-1-3-7(9(8)11)12(13)14/h1,3-4H,2,5-6,11H2. The number of nitro benzene ring substituents is 1. The van der Waals surface area contributed by atoms with E-state index in [-0.39, 0.29) is 11.4 Å². The number of halogens is 1. The van der Waals surface area contributed by atoms with Crippen molar-refractivity contribution in [1.29, 1.82) is 0 Å². The zero-order valence-electron chi connectivity index (χ0n) is 7.98. The van der Waals surface area contributed by atoms with Crippen molar-refractivity contribution in [2.24, 2.45) is 0 Å². The van der Waals surface area contributed by atoms with Crippen LogP contribution in [0.1, 0.15) is 6.42 Å². The summed E-state index contributed by atoms with van der Waals surface area (Å²) in [7, 11) is 0. The molecule has 1 rings (SSSR count). The first-order valence-corrected chi connectivity index (χ1v) is 5.50. The van der Waals surface area contributed by atoms with Crippen molar-refractivity contribution in [3.05, 3.63) is 28.3 Å². The summed E-state index contributed by atoms with van der Waals surface area (Å²) in [6.07, 6.45) is 0.822. The number of hydrogen-bond donors (Lipinski definition) is 1. The first-order chi connectivity index (χ1) is 7.16. The van der Waals surface area contributed by atoms with Gasteiger partial charge in [0.1, 0.15) is 5.75 Å². The SMILES string of the molecule is Nc1c(OCCCBr)cccc1[N+](=O)[O-]. The number of rotatable bonds is 5. The molecule has 0 atom stereocenters. The molecule has 15 heavy (non-hydrogen) atoms. The highest BCUT2D eigenvalue weighted by atomic mass is 79.9. The third-order valence-electron chi connectivity index (χ3n) is 1.78. The Kier molecular flexibility index (Phi) is 4.36. The first-order valence-electron chi connectivity index (χ1n) is 4.38. The maximum atomic E-state index is 10.6. The molecule has 0 fully saturated rings. The van der Waals surface area contributed by atoms with Gasteiger partial charge in [0.2, 0.25) is 0 Å². The van der Waals surface area contributed by atoms with Crippen molar-refractivity contribution in [1.82, 2.24) is 0 Å². The van der Waals surface area contributed by atoms with Crippen LogP contribution < -0.4 is 10.5 Å². The van der Waals surface area contributed by atoms with Crippen molar-refractivity contribution in [2.75, 3.05) is 17.7 Å². The number of nitrogen functional groups attached to an aromatic ring is 1. The summed E-state index contributed by atoms with van der Waals surface area (Å²) in [5.41, 5.74) is 5.55. The maximum Gasteiger partial charge on any atom is 0.295 e. The molecule has 1 aromatic carbocycles. The number of para-hydroxylation sites is 1. The summed E-state index contributed by atoms with van der Waals surface area (Å²) in [6, 6.07) is 4.53. The number of nitrogens with two attached hydrogens (primary N) is 1. The molecule has 0 aliphatic heterocycles. The van der Waals surface area contributed by atoms with Crippen LogP contribution in [-0.2, 0) is 0 Å². The van der Waals surface area contributed by atoms with E-state index in [1.807, 2.05) is 0 Å². The molecule has 0 unspecified atom stereocenters. The Morgan fingerprint density at radius 1 is 1.53 bits per heavy atom. The summed E-state index contributed by atoms with van der Waals surface area (Å²) in [5, 5.41) is 11.4. The minimum atomic E-state index is -0.521. The number of nitro groups is 1. The Morgan fingerprint density at radius 2 is 2.27 bits per heavy atom. The molecule has 0 radical (unpaired) electrons. The van der Waals surface area contributed by atoms with Crippen molar-refractivity contribution in [3.8, 4) is 5.75 Å². The molecule has 6 heteroatoms. The quantitative estimate of drug-likeness (QED) is 0.294. The van der Waals surface area contributed by atoms with Crippen LogP contribution in [0.5, 0.6) is 5.75 Å². The summed E-state index contributed by atoms with van der Waals surface area (Å²) in [4.78, 5) is 10.0. The smallest absolute Gasteiger partial charge is 0.295 e. The Morgan fingerprint density at radius 3 is 2.87 bits per heavy atom. The molecule has 0 amide bonds. The lowest BCUT2D eigenvalue weighted by Crippen LogP contribution is -2.03. The van der Waals surface area contributed by atoms with Crippen molar-refractivity contribution in [3.63, 3.8) is 0 Å². The molecular weight excluding hydrogens is 264 g/mol. The predicted molar refractivity (Wildman–Crippen MR) is 61.4 cm³/mol. The first kappa shape index (κ1) is 11.8. The number of ether oxygens (including phenoxy) is 1. The molecule has 2 N–H and O–H groups in total. The van der Waals surface area contributed by atoms with E-state index in [4.69, 9.17) is 10.5 Å². The second kappa shape index (κ2) is 5.55. The third kappa shape index (κ3) is 3.09. The highest BCUT2D eigenvalue weighted by Crippen LogP contribution is 2.30. The van der Waals surface area contributed by atoms with Gasteiger partial charge >= 0.3 is 0 Å². The molecule has 1 aromatic rings. The van der Waals surface area contributed by atoms with Crippen molar-refractivity contribution < 1.29 is 9.66 Å². The largest absolute Gasteiger partial charge is 0.491 e. The van der Waals surface area contributed by atoms with Gasteiger partial charge in [-0.25, -0.2) is 0 Å². The van der Waals surface area contributed by atoms with E-state index in [0.717, 1.165) is 11.8 Å². The Labute approximate surface area is 95.5 Å². The monoisotopic (exact) mass is 274 g/mol. The number of nitrogens with zero attached hydrogens (tertiary/aromatic N) is 1. The molecule has 0 aliphatic carbocycles. The van der Waals surface area contributed by atoms with Crippen molar-refractivity contribution in [2.45, 2.75) is 6.42 Å². The zero-order valence-corrected chi connectivity index (χ0v) is 9.57. The number of hydrogen-bond acceptors (Lipinski definition) is 4. The normalized spacial score (nSPS) is 9.93. The zero-order chi connectivity index (χ0) is 11.3. The van der Waals surface area contributed by atoms with Gasteiger partial charge < -0.3 is 10.5 Å². The average molecular weight is 275 g/mol. The third-order valence-corrected chi connectivity index (χ3v) is 2.34. The summed E-state index contributed by atoms with van der Waals surface area (Å²) < 4.78 is 5.31. The predicted octanol–water partition coefficient (Wildman–Crippen LogP) is 2.34. The van der Waals surface area contributed by atoms with Crippen LogP contribution >= 0.6 is 15.9 Å². The minimum Gasteiger partial charge on any atom is -0.491 e. The van der Waals surface area contributed by atoms with E-state index in [1.54, 1.807) is 12.1 Å². The summed E-state index contributed by atoms with van der Waals surface area (Å²) >= 11 is 3.26. The topological polar surface area (TPSA) is 78.4 Å². The minimum absolute atomic E-state index is 0.0806. The maximum absolute atomic E-state index is 10.6. The van der Waals surface area contributed by atoms with Crippen molar-refractivity contribution >= 4 is 27.3 Å². The van der Waals surface area contributed by atoms with E-state index >= 15 is 0 Å². The van der Waals surface area contributed by atoms with Gasteiger partial charge in [0.25, 0.3) is 5.69 Å². The van der Waals surface area contributed by atoms with Gasteiger partial charge in [-0.1, -0.05) is 22.0 Å². The number of alkyl halides is 1. The van der Waals surface area contributed by atoms with Gasteiger partial charge in [-0.15, -0.1) is 0 Å². The number of benzene rings is 1. The van der Waals surface area contributed by atoms with E-state index in [9.17, 15) is 10.1 Å². The highest BCUT2D eigenvalue weighted by Gasteiger charge is 2.14. The highest BCUT2D eigenvalue weighted by molar-refractivity contribution is 9.09. The lowest BCUT2D eigenvalue weighted by Gasteiger charge is -2.07. The lowest BCUT2D eigenvalue weighted by molar-refractivity contribution is -0.384. The molecule has 82 valence electrons. The van der Waals surface area contributed by atoms with Gasteiger partial charge in [-0.3, -0.25) is 10.1 Å². The second-order valence-electron chi connectivity index (χ2n) is 2.84. The average Bonchev–Trinajstić information content (AvgIpc) is 2.20. The fourth-order valence-corrected chi connectivity index (χ4v) is 1.28. The molecule has 0 saturated heterocycles. The fraction of sp³-hybridized carbons (Fsp3) is 0.333. The van der Waals surface area contributed by atoms with E-state index in [2.05, 4.69) is 15.9 Å². The van der Waals surface area contributed by atoms with Crippen LogP contribution in [0.3, 0.4) is 0 Å². The van der Waals surface area contributed by atoms with Crippen LogP contribution in [0.15, 0.2) is 18.2 Å². The van der Waals surface area contributed by atoms with Crippen LogP contribution in [0, 0.1) is 10.1 Å². The Bertz CT molecular complexity index is 357.